The summed E-state index contributed by atoms with van der Waals surface area (Å²) in [4.78, 5) is 2.20. The van der Waals surface area contributed by atoms with Crippen molar-refractivity contribution in [3.63, 3.8) is 0 Å². The SMILES string of the molecule is CCN(C)c1cc2c(cc1C)OCCO2. The average Bonchev–Trinajstić information content (AvgIpc) is 2.27. The Hall–Kier alpha value is -1.38. The maximum Gasteiger partial charge on any atom is 0.163 e. The summed E-state index contributed by atoms with van der Waals surface area (Å²) in [6, 6.07) is 4.11. The van der Waals surface area contributed by atoms with Crippen molar-refractivity contribution in [1.82, 2.24) is 0 Å². The summed E-state index contributed by atoms with van der Waals surface area (Å²) in [5.74, 6) is 1.73. The molecule has 1 aromatic rings. The lowest BCUT2D eigenvalue weighted by molar-refractivity contribution is 0.171. The molecule has 0 aliphatic carbocycles. The summed E-state index contributed by atoms with van der Waals surface area (Å²) in [5.41, 5.74) is 2.44. The molecule has 1 aliphatic rings. The van der Waals surface area contributed by atoms with Crippen LogP contribution >= 0.6 is 0 Å². The highest BCUT2D eigenvalue weighted by Gasteiger charge is 2.15. The number of ether oxygens (including phenoxy) is 2. The molecular formula is C12H17NO2. The van der Waals surface area contributed by atoms with Gasteiger partial charge < -0.3 is 14.4 Å². The Morgan fingerprint density at radius 2 is 1.80 bits per heavy atom. The predicted molar refractivity (Wildman–Crippen MR) is 61.1 cm³/mol. The van der Waals surface area contributed by atoms with E-state index in [9.17, 15) is 0 Å². The fourth-order valence-corrected chi connectivity index (χ4v) is 1.76. The Morgan fingerprint density at radius 1 is 1.20 bits per heavy atom. The molecule has 0 saturated carbocycles. The van der Waals surface area contributed by atoms with Crippen LogP contribution in [0, 0.1) is 6.92 Å². The zero-order valence-electron chi connectivity index (χ0n) is 9.54. The maximum absolute atomic E-state index is 5.56. The van der Waals surface area contributed by atoms with Crippen LogP contribution in [0.4, 0.5) is 5.69 Å². The van der Waals surface area contributed by atoms with Gasteiger partial charge in [0.25, 0.3) is 0 Å². The van der Waals surface area contributed by atoms with E-state index in [1.807, 2.05) is 0 Å². The molecule has 3 heteroatoms. The molecule has 0 atom stereocenters. The minimum atomic E-state index is 0.644. The van der Waals surface area contributed by atoms with Gasteiger partial charge in [0.15, 0.2) is 11.5 Å². The van der Waals surface area contributed by atoms with Crippen LogP contribution < -0.4 is 14.4 Å². The highest BCUT2D eigenvalue weighted by Crippen LogP contribution is 2.36. The van der Waals surface area contributed by atoms with Gasteiger partial charge in [0.2, 0.25) is 0 Å². The second kappa shape index (κ2) is 4.01. The molecule has 0 saturated heterocycles. The van der Waals surface area contributed by atoms with Gasteiger partial charge in [-0.25, -0.2) is 0 Å². The molecule has 15 heavy (non-hydrogen) atoms. The van der Waals surface area contributed by atoms with Gasteiger partial charge >= 0.3 is 0 Å². The Balaban J connectivity index is 2.40. The first kappa shape index (κ1) is 10.1. The fraction of sp³-hybridized carbons (Fsp3) is 0.500. The van der Waals surface area contributed by atoms with Crippen LogP contribution in [0.15, 0.2) is 12.1 Å². The summed E-state index contributed by atoms with van der Waals surface area (Å²) in [6.07, 6.45) is 0. The molecule has 0 bridgehead atoms. The summed E-state index contributed by atoms with van der Waals surface area (Å²) in [7, 11) is 2.08. The second-order valence-electron chi connectivity index (χ2n) is 3.80. The molecule has 0 N–H and O–H groups in total. The van der Waals surface area contributed by atoms with Crippen LogP contribution in [0.5, 0.6) is 11.5 Å². The summed E-state index contributed by atoms with van der Waals surface area (Å²) < 4.78 is 11.1. The van der Waals surface area contributed by atoms with Crippen molar-refractivity contribution in [1.29, 1.82) is 0 Å². The van der Waals surface area contributed by atoms with E-state index in [2.05, 4.69) is 37.9 Å². The number of hydrogen-bond acceptors (Lipinski definition) is 3. The van der Waals surface area contributed by atoms with Gasteiger partial charge in [-0.15, -0.1) is 0 Å². The van der Waals surface area contributed by atoms with Crippen molar-refractivity contribution >= 4 is 5.69 Å². The van der Waals surface area contributed by atoms with Gasteiger partial charge in [0.1, 0.15) is 13.2 Å². The third kappa shape index (κ3) is 1.87. The minimum absolute atomic E-state index is 0.644. The van der Waals surface area contributed by atoms with Gasteiger partial charge in [-0.05, 0) is 25.5 Å². The summed E-state index contributed by atoms with van der Waals surface area (Å²) in [5, 5.41) is 0. The Kier molecular flexibility index (Phi) is 2.71. The maximum atomic E-state index is 5.56. The highest BCUT2D eigenvalue weighted by molar-refractivity contribution is 5.61. The van der Waals surface area contributed by atoms with Gasteiger partial charge in [0, 0.05) is 25.3 Å². The summed E-state index contributed by atoms with van der Waals surface area (Å²) >= 11 is 0. The molecule has 3 nitrogen and oxygen atoms in total. The molecule has 0 fully saturated rings. The molecule has 1 aromatic carbocycles. The first-order valence-corrected chi connectivity index (χ1v) is 5.33. The van der Waals surface area contributed by atoms with Crippen LogP contribution in [-0.4, -0.2) is 26.8 Å². The van der Waals surface area contributed by atoms with Crippen molar-refractivity contribution < 1.29 is 9.47 Å². The van der Waals surface area contributed by atoms with Crippen LogP contribution in [0.3, 0.4) is 0 Å². The van der Waals surface area contributed by atoms with Crippen molar-refractivity contribution in [2.24, 2.45) is 0 Å². The van der Waals surface area contributed by atoms with E-state index in [4.69, 9.17) is 9.47 Å². The Bertz CT molecular complexity index is 363. The lowest BCUT2D eigenvalue weighted by Gasteiger charge is -2.24. The van der Waals surface area contributed by atoms with Crippen LogP contribution in [0.25, 0.3) is 0 Å². The lowest BCUT2D eigenvalue weighted by Crippen LogP contribution is -2.19. The van der Waals surface area contributed by atoms with E-state index < -0.39 is 0 Å². The molecular weight excluding hydrogens is 190 g/mol. The molecule has 0 radical (unpaired) electrons. The van der Waals surface area contributed by atoms with E-state index in [1.54, 1.807) is 0 Å². The zero-order chi connectivity index (χ0) is 10.8. The fourth-order valence-electron chi connectivity index (χ4n) is 1.76. The number of anilines is 1. The topological polar surface area (TPSA) is 21.7 Å². The van der Waals surface area contributed by atoms with E-state index >= 15 is 0 Å². The molecule has 0 aromatic heterocycles. The quantitative estimate of drug-likeness (QED) is 0.742. The standard InChI is InChI=1S/C12H17NO2/c1-4-13(3)10-8-12-11(7-9(10)2)14-5-6-15-12/h7-8H,4-6H2,1-3H3. The molecule has 1 heterocycles. The van der Waals surface area contributed by atoms with Crippen molar-refractivity contribution in [3.05, 3.63) is 17.7 Å². The average molecular weight is 207 g/mol. The molecule has 0 unspecified atom stereocenters. The first-order valence-electron chi connectivity index (χ1n) is 5.33. The van der Waals surface area contributed by atoms with Crippen molar-refractivity contribution in [2.75, 3.05) is 31.7 Å². The van der Waals surface area contributed by atoms with Crippen molar-refractivity contribution in [3.8, 4) is 11.5 Å². The Labute approximate surface area is 90.6 Å². The van der Waals surface area contributed by atoms with Crippen LogP contribution in [0.1, 0.15) is 12.5 Å². The lowest BCUT2D eigenvalue weighted by atomic mass is 10.1. The number of nitrogens with zero attached hydrogens (tertiary/aromatic N) is 1. The Morgan fingerprint density at radius 3 is 2.40 bits per heavy atom. The summed E-state index contributed by atoms with van der Waals surface area (Å²) in [6.45, 7) is 6.51. The largest absolute Gasteiger partial charge is 0.486 e. The molecule has 0 spiro atoms. The molecule has 0 amide bonds. The third-order valence-electron chi connectivity index (χ3n) is 2.75. The van der Waals surface area contributed by atoms with E-state index in [-0.39, 0.29) is 0 Å². The normalized spacial score (nSPS) is 13.8. The number of benzene rings is 1. The van der Waals surface area contributed by atoms with Gasteiger partial charge in [0.05, 0.1) is 0 Å². The van der Waals surface area contributed by atoms with Gasteiger partial charge in [-0.2, -0.15) is 0 Å². The van der Waals surface area contributed by atoms with E-state index in [1.165, 1.54) is 11.3 Å². The van der Waals surface area contributed by atoms with E-state index in [0.29, 0.717) is 13.2 Å². The second-order valence-corrected chi connectivity index (χ2v) is 3.80. The van der Waals surface area contributed by atoms with Gasteiger partial charge in [-0.1, -0.05) is 0 Å². The van der Waals surface area contributed by atoms with E-state index in [0.717, 1.165) is 18.0 Å². The molecule has 82 valence electrons. The zero-order valence-corrected chi connectivity index (χ0v) is 9.54. The minimum Gasteiger partial charge on any atom is -0.486 e. The third-order valence-corrected chi connectivity index (χ3v) is 2.75. The number of rotatable bonds is 2. The van der Waals surface area contributed by atoms with Gasteiger partial charge in [-0.3, -0.25) is 0 Å². The number of hydrogen-bond donors (Lipinski definition) is 0. The van der Waals surface area contributed by atoms with Crippen LogP contribution in [-0.2, 0) is 0 Å². The smallest absolute Gasteiger partial charge is 0.163 e. The predicted octanol–water partition coefficient (Wildman–Crippen LogP) is 2.22. The number of fused-ring (bicyclic) bond motifs is 1. The van der Waals surface area contributed by atoms with Crippen molar-refractivity contribution in [2.45, 2.75) is 13.8 Å². The molecule has 2 rings (SSSR count). The van der Waals surface area contributed by atoms with Crippen LogP contribution in [0.2, 0.25) is 0 Å². The number of aryl methyl sites for hydroxylation is 1. The monoisotopic (exact) mass is 207 g/mol. The highest BCUT2D eigenvalue weighted by atomic mass is 16.6. The first-order chi connectivity index (χ1) is 7.22. The molecule has 1 aliphatic heterocycles.